The molecule has 0 amide bonds. The van der Waals surface area contributed by atoms with Crippen LogP contribution in [0.5, 0.6) is 0 Å². The Morgan fingerprint density at radius 2 is 1.59 bits per heavy atom. The van der Waals surface area contributed by atoms with Gasteiger partial charge in [-0.25, -0.2) is 0 Å². The maximum atomic E-state index is 3.67. The zero-order valence-corrected chi connectivity index (χ0v) is 13.1. The van der Waals surface area contributed by atoms with Crippen molar-refractivity contribution >= 4 is 0 Å². The highest BCUT2D eigenvalue weighted by molar-refractivity contribution is 4.75. The van der Waals surface area contributed by atoms with Gasteiger partial charge in [0, 0.05) is 6.04 Å². The van der Waals surface area contributed by atoms with E-state index >= 15 is 0 Å². The third-order valence-electron chi connectivity index (χ3n) is 3.94. The van der Waals surface area contributed by atoms with Crippen molar-refractivity contribution in [1.82, 2.24) is 5.32 Å². The van der Waals surface area contributed by atoms with E-state index in [1.165, 1.54) is 32.1 Å². The minimum Gasteiger partial charge on any atom is -0.314 e. The monoisotopic (exact) mass is 241 g/mol. The molecule has 0 saturated heterocycles. The Labute approximate surface area is 110 Å². The highest BCUT2D eigenvalue weighted by Crippen LogP contribution is 2.28. The smallest absolute Gasteiger partial charge is 0.00695 e. The second kappa shape index (κ2) is 9.94. The Morgan fingerprint density at radius 1 is 0.941 bits per heavy atom. The first kappa shape index (κ1) is 17.0. The Balaban J connectivity index is 4.34. The Bertz CT molecular complexity index is 159. The van der Waals surface area contributed by atoms with Crippen LogP contribution in [0.15, 0.2) is 0 Å². The first-order valence-electron chi connectivity index (χ1n) is 7.78. The van der Waals surface area contributed by atoms with Crippen LogP contribution in [0, 0.1) is 17.8 Å². The van der Waals surface area contributed by atoms with E-state index in [1.54, 1.807) is 0 Å². The second-order valence-corrected chi connectivity index (χ2v) is 6.05. The zero-order chi connectivity index (χ0) is 13.3. The fourth-order valence-corrected chi connectivity index (χ4v) is 2.81. The molecular formula is C16H35N. The lowest BCUT2D eigenvalue weighted by molar-refractivity contribution is 0.241. The molecule has 17 heavy (non-hydrogen) atoms. The summed E-state index contributed by atoms with van der Waals surface area (Å²) in [6.07, 6.45) is 6.71. The first-order chi connectivity index (χ1) is 8.04. The van der Waals surface area contributed by atoms with Gasteiger partial charge in [-0.1, -0.05) is 54.4 Å². The minimum atomic E-state index is 0.739. The molecule has 0 fully saturated rings. The molecule has 0 aliphatic heterocycles. The molecule has 0 radical (unpaired) electrons. The fourth-order valence-electron chi connectivity index (χ4n) is 2.81. The van der Waals surface area contributed by atoms with E-state index in [1.807, 2.05) is 0 Å². The summed E-state index contributed by atoms with van der Waals surface area (Å²) in [7, 11) is 0. The van der Waals surface area contributed by atoms with E-state index in [4.69, 9.17) is 0 Å². The lowest BCUT2D eigenvalue weighted by atomic mass is 9.80. The summed E-state index contributed by atoms with van der Waals surface area (Å²) in [5.74, 6) is 2.60. The lowest BCUT2D eigenvalue weighted by Crippen LogP contribution is -2.32. The molecule has 0 spiro atoms. The van der Waals surface area contributed by atoms with Crippen LogP contribution >= 0.6 is 0 Å². The SMILES string of the molecule is CCCC(CC(CC(C)C)C(C)CC)NCC. The molecular weight excluding hydrogens is 206 g/mol. The van der Waals surface area contributed by atoms with E-state index in [9.17, 15) is 0 Å². The third kappa shape index (κ3) is 7.81. The van der Waals surface area contributed by atoms with Gasteiger partial charge in [-0.2, -0.15) is 0 Å². The van der Waals surface area contributed by atoms with Gasteiger partial charge in [-0.05, 0) is 43.6 Å². The first-order valence-corrected chi connectivity index (χ1v) is 7.78. The molecule has 0 aromatic heterocycles. The molecule has 0 heterocycles. The van der Waals surface area contributed by atoms with Gasteiger partial charge in [0.15, 0.2) is 0 Å². The number of hydrogen-bond acceptors (Lipinski definition) is 1. The maximum absolute atomic E-state index is 3.67. The quantitative estimate of drug-likeness (QED) is 0.576. The normalized spacial score (nSPS) is 17.1. The summed E-state index contributed by atoms with van der Waals surface area (Å²) in [6, 6.07) is 0.739. The molecule has 1 nitrogen and oxygen atoms in total. The Kier molecular flexibility index (Phi) is 9.91. The molecule has 0 bridgehead atoms. The van der Waals surface area contributed by atoms with Crippen molar-refractivity contribution < 1.29 is 0 Å². The Morgan fingerprint density at radius 3 is 2.00 bits per heavy atom. The Hall–Kier alpha value is -0.0400. The summed E-state index contributed by atoms with van der Waals surface area (Å²) in [6.45, 7) is 15.1. The molecule has 104 valence electrons. The fraction of sp³-hybridized carbons (Fsp3) is 1.00. The van der Waals surface area contributed by atoms with Gasteiger partial charge in [0.05, 0.1) is 0 Å². The average molecular weight is 241 g/mol. The van der Waals surface area contributed by atoms with Crippen LogP contribution in [0.25, 0.3) is 0 Å². The van der Waals surface area contributed by atoms with E-state index in [0.717, 1.165) is 30.3 Å². The third-order valence-corrected chi connectivity index (χ3v) is 3.94. The maximum Gasteiger partial charge on any atom is 0.00695 e. The van der Waals surface area contributed by atoms with Gasteiger partial charge in [0.2, 0.25) is 0 Å². The summed E-state index contributed by atoms with van der Waals surface area (Å²) in [5.41, 5.74) is 0. The molecule has 0 aromatic carbocycles. The van der Waals surface area contributed by atoms with Crippen molar-refractivity contribution in [1.29, 1.82) is 0 Å². The van der Waals surface area contributed by atoms with E-state index in [-0.39, 0.29) is 0 Å². The minimum absolute atomic E-state index is 0.739. The molecule has 1 heteroatoms. The van der Waals surface area contributed by atoms with Crippen LogP contribution < -0.4 is 5.32 Å². The highest BCUT2D eigenvalue weighted by atomic mass is 14.9. The molecule has 1 N–H and O–H groups in total. The number of nitrogens with one attached hydrogen (secondary N) is 1. The summed E-state index contributed by atoms with van der Waals surface area (Å²) >= 11 is 0. The largest absolute Gasteiger partial charge is 0.314 e. The van der Waals surface area contributed by atoms with Crippen molar-refractivity contribution in [2.45, 2.75) is 79.7 Å². The summed E-state index contributed by atoms with van der Waals surface area (Å²) in [5, 5.41) is 3.67. The van der Waals surface area contributed by atoms with Crippen LogP contribution in [-0.2, 0) is 0 Å². The van der Waals surface area contributed by atoms with Crippen molar-refractivity contribution in [3.05, 3.63) is 0 Å². The lowest BCUT2D eigenvalue weighted by Gasteiger charge is -2.29. The second-order valence-electron chi connectivity index (χ2n) is 6.05. The average Bonchev–Trinajstić information content (AvgIpc) is 2.27. The van der Waals surface area contributed by atoms with Crippen molar-refractivity contribution in [3.63, 3.8) is 0 Å². The van der Waals surface area contributed by atoms with Gasteiger partial charge in [0.25, 0.3) is 0 Å². The molecule has 3 atom stereocenters. The number of hydrogen-bond donors (Lipinski definition) is 1. The van der Waals surface area contributed by atoms with Gasteiger partial charge in [-0.15, -0.1) is 0 Å². The van der Waals surface area contributed by atoms with E-state index in [2.05, 4.69) is 46.9 Å². The van der Waals surface area contributed by atoms with Gasteiger partial charge in [0.1, 0.15) is 0 Å². The van der Waals surface area contributed by atoms with E-state index in [0.29, 0.717) is 0 Å². The molecule has 0 aliphatic rings. The van der Waals surface area contributed by atoms with Crippen molar-refractivity contribution in [2.24, 2.45) is 17.8 Å². The number of rotatable bonds is 10. The zero-order valence-electron chi connectivity index (χ0n) is 13.1. The van der Waals surface area contributed by atoms with Crippen LogP contribution in [0.1, 0.15) is 73.6 Å². The van der Waals surface area contributed by atoms with Gasteiger partial charge >= 0.3 is 0 Å². The molecule has 3 unspecified atom stereocenters. The van der Waals surface area contributed by atoms with Crippen molar-refractivity contribution in [2.75, 3.05) is 6.54 Å². The predicted molar refractivity (Wildman–Crippen MR) is 79.4 cm³/mol. The van der Waals surface area contributed by atoms with Crippen LogP contribution in [-0.4, -0.2) is 12.6 Å². The molecule has 0 aromatic rings. The van der Waals surface area contributed by atoms with Crippen molar-refractivity contribution in [3.8, 4) is 0 Å². The molecule has 0 aliphatic carbocycles. The highest BCUT2D eigenvalue weighted by Gasteiger charge is 2.21. The van der Waals surface area contributed by atoms with Gasteiger partial charge < -0.3 is 5.32 Å². The van der Waals surface area contributed by atoms with Gasteiger partial charge in [-0.3, -0.25) is 0 Å². The molecule has 0 saturated carbocycles. The van der Waals surface area contributed by atoms with Crippen LogP contribution in [0.3, 0.4) is 0 Å². The predicted octanol–water partition coefficient (Wildman–Crippen LogP) is 4.86. The molecule has 0 rings (SSSR count). The standard InChI is InChI=1S/C16H35N/c1-7-10-16(17-9-3)12-15(11-13(4)5)14(6)8-2/h13-17H,7-12H2,1-6H3. The van der Waals surface area contributed by atoms with Crippen LogP contribution in [0.4, 0.5) is 0 Å². The summed E-state index contributed by atoms with van der Waals surface area (Å²) in [4.78, 5) is 0. The summed E-state index contributed by atoms with van der Waals surface area (Å²) < 4.78 is 0. The van der Waals surface area contributed by atoms with Crippen LogP contribution in [0.2, 0.25) is 0 Å². The topological polar surface area (TPSA) is 12.0 Å². The van der Waals surface area contributed by atoms with E-state index < -0.39 is 0 Å².